The van der Waals surface area contributed by atoms with E-state index in [4.69, 9.17) is 10.5 Å². The molecule has 1 aliphatic carbocycles. The fourth-order valence-corrected chi connectivity index (χ4v) is 3.44. The molecule has 3 heteroatoms. The third-order valence-corrected chi connectivity index (χ3v) is 5.37. The first kappa shape index (κ1) is 16.8. The predicted octanol–water partition coefficient (Wildman–Crippen LogP) is 4.93. The molecule has 1 aromatic carbocycles. The van der Waals surface area contributed by atoms with E-state index in [9.17, 15) is 0 Å². The first-order chi connectivity index (χ1) is 9.99. The van der Waals surface area contributed by atoms with Gasteiger partial charge in [-0.05, 0) is 67.7 Å². The maximum absolute atomic E-state index is 6.33. The molecule has 1 aliphatic rings. The molecule has 1 fully saturated rings. The van der Waals surface area contributed by atoms with Crippen LogP contribution in [-0.4, -0.2) is 12.1 Å². The van der Waals surface area contributed by atoms with E-state index in [-0.39, 0.29) is 6.04 Å². The summed E-state index contributed by atoms with van der Waals surface area (Å²) in [7, 11) is 0. The van der Waals surface area contributed by atoms with Crippen molar-refractivity contribution >= 4 is 15.9 Å². The summed E-state index contributed by atoms with van der Waals surface area (Å²) in [4.78, 5) is 0. The highest BCUT2D eigenvalue weighted by atomic mass is 79.9. The zero-order valence-electron chi connectivity index (χ0n) is 13.4. The van der Waals surface area contributed by atoms with Crippen LogP contribution in [0.5, 0.6) is 5.75 Å². The van der Waals surface area contributed by atoms with Gasteiger partial charge in [0.05, 0.1) is 6.10 Å². The number of nitrogens with two attached hydrogens (primary N) is 1. The fraction of sp³-hybridized carbons (Fsp3) is 0.667. The Balaban J connectivity index is 2.08. The van der Waals surface area contributed by atoms with Crippen LogP contribution in [0.3, 0.4) is 0 Å². The Morgan fingerprint density at radius 3 is 2.71 bits per heavy atom. The Labute approximate surface area is 137 Å². The number of ether oxygens (including phenoxy) is 1. The maximum Gasteiger partial charge on any atom is 0.123 e. The smallest absolute Gasteiger partial charge is 0.123 e. The highest BCUT2D eigenvalue weighted by Gasteiger charge is 2.26. The monoisotopic (exact) mass is 353 g/mol. The van der Waals surface area contributed by atoms with Gasteiger partial charge in [0.1, 0.15) is 5.75 Å². The van der Waals surface area contributed by atoms with E-state index in [2.05, 4.69) is 54.9 Å². The molecular formula is C18H28BrNO. The summed E-state index contributed by atoms with van der Waals surface area (Å²) in [5.41, 5.74) is 7.35. The van der Waals surface area contributed by atoms with E-state index < -0.39 is 0 Å². The van der Waals surface area contributed by atoms with Crippen LogP contribution in [0.25, 0.3) is 0 Å². The third kappa shape index (κ3) is 4.72. The lowest BCUT2D eigenvalue weighted by atomic mass is 9.80. The number of halogens is 1. The minimum atomic E-state index is 0.201. The van der Waals surface area contributed by atoms with E-state index in [1.165, 1.54) is 18.4 Å². The second-order valence-corrected chi connectivity index (χ2v) is 7.55. The van der Waals surface area contributed by atoms with Crippen molar-refractivity contribution in [3.63, 3.8) is 0 Å². The minimum Gasteiger partial charge on any atom is -0.490 e. The van der Waals surface area contributed by atoms with Gasteiger partial charge in [-0.15, -0.1) is 0 Å². The van der Waals surface area contributed by atoms with Crippen LogP contribution in [0.1, 0.15) is 52.0 Å². The molecule has 118 valence electrons. The first-order valence-electron chi connectivity index (χ1n) is 8.20. The second-order valence-electron chi connectivity index (χ2n) is 6.63. The first-order valence-corrected chi connectivity index (χ1v) is 8.99. The van der Waals surface area contributed by atoms with Gasteiger partial charge in [-0.2, -0.15) is 0 Å². The van der Waals surface area contributed by atoms with Crippen LogP contribution in [0.15, 0.2) is 22.7 Å². The van der Waals surface area contributed by atoms with Crippen LogP contribution < -0.4 is 10.5 Å². The van der Waals surface area contributed by atoms with E-state index in [1.54, 1.807) is 0 Å². The molecule has 2 nitrogen and oxygen atoms in total. The molecule has 0 heterocycles. The van der Waals surface area contributed by atoms with Gasteiger partial charge in [-0.3, -0.25) is 0 Å². The van der Waals surface area contributed by atoms with Gasteiger partial charge in [0.2, 0.25) is 0 Å². The predicted molar refractivity (Wildman–Crippen MR) is 92.7 cm³/mol. The molecule has 4 atom stereocenters. The Morgan fingerprint density at radius 2 is 2.05 bits per heavy atom. The molecule has 0 aliphatic heterocycles. The highest BCUT2D eigenvalue weighted by molar-refractivity contribution is 9.10. The van der Waals surface area contributed by atoms with Crippen LogP contribution in [0.2, 0.25) is 0 Å². The van der Waals surface area contributed by atoms with Crippen LogP contribution >= 0.6 is 15.9 Å². The largest absolute Gasteiger partial charge is 0.490 e. The van der Waals surface area contributed by atoms with Gasteiger partial charge >= 0.3 is 0 Å². The Morgan fingerprint density at radius 1 is 1.29 bits per heavy atom. The Kier molecular flexibility index (Phi) is 6.12. The molecule has 0 aromatic heterocycles. The fourth-order valence-electron chi connectivity index (χ4n) is 3.03. The summed E-state index contributed by atoms with van der Waals surface area (Å²) in [6.45, 7) is 6.83. The van der Waals surface area contributed by atoms with Gasteiger partial charge in [-0.25, -0.2) is 0 Å². The number of rotatable bonds is 5. The van der Waals surface area contributed by atoms with Crippen molar-refractivity contribution in [2.24, 2.45) is 17.6 Å². The third-order valence-electron chi connectivity index (χ3n) is 4.87. The molecule has 0 bridgehead atoms. The maximum atomic E-state index is 6.33. The van der Waals surface area contributed by atoms with Gasteiger partial charge in [0.15, 0.2) is 0 Å². The van der Waals surface area contributed by atoms with Gasteiger partial charge in [0, 0.05) is 10.5 Å². The summed E-state index contributed by atoms with van der Waals surface area (Å²) in [6, 6.07) is 6.50. The molecule has 1 saturated carbocycles. The van der Waals surface area contributed by atoms with E-state index in [0.717, 1.165) is 41.3 Å². The van der Waals surface area contributed by atoms with Crippen molar-refractivity contribution in [1.29, 1.82) is 0 Å². The van der Waals surface area contributed by atoms with Crippen molar-refractivity contribution in [2.45, 2.75) is 65.0 Å². The lowest BCUT2D eigenvalue weighted by molar-refractivity contribution is 0.0996. The molecule has 1 aromatic rings. The van der Waals surface area contributed by atoms with E-state index in [1.807, 2.05) is 0 Å². The van der Waals surface area contributed by atoms with Crippen molar-refractivity contribution in [1.82, 2.24) is 0 Å². The lowest BCUT2D eigenvalue weighted by Crippen LogP contribution is -2.29. The molecule has 2 rings (SSSR count). The molecule has 0 spiro atoms. The molecule has 21 heavy (non-hydrogen) atoms. The summed E-state index contributed by atoms with van der Waals surface area (Å²) in [5.74, 6) is 2.59. The van der Waals surface area contributed by atoms with Crippen molar-refractivity contribution < 1.29 is 4.74 Å². The number of benzene rings is 1. The summed E-state index contributed by atoms with van der Waals surface area (Å²) in [5, 5.41) is 0. The standard InChI is InChI=1S/C18H28BrNO/c1-4-16(20)11-14-10-15(19)6-8-18(14)21-17-7-5-12(2)13(3)9-17/h6,8,10,12-13,16-17H,4-5,7,9,11,20H2,1-3H3. The highest BCUT2D eigenvalue weighted by Crippen LogP contribution is 2.33. The average molecular weight is 354 g/mol. The molecule has 4 unspecified atom stereocenters. The summed E-state index contributed by atoms with van der Waals surface area (Å²) >= 11 is 3.55. The molecule has 0 amide bonds. The zero-order chi connectivity index (χ0) is 15.4. The van der Waals surface area contributed by atoms with Gasteiger partial charge < -0.3 is 10.5 Å². The summed E-state index contributed by atoms with van der Waals surface area (Å²) < 4.78 is 7.43. The van der Waals surface area contributed by atoms with Crippen LogP contribution in [0, 0.1) is 11.8 Å². The topological polar surface area (TPSA) is 35.2 Å². The molecular weight excluding hydrogens is 326 g/mol. The van der Waals surface area contributed by atoms with Crippen LogP contribution in [0.4, 0.5) is 0 Å². The normalized spacial score (nSPS) is 27.4. The van der Waals surface area contributed by atoms with Gasteiger partial charge in [-0.1, -0.05) is 36.7 Å². The number of hydrogen-bond acceptors (Lipinski definition) is 2. The minimum absolute atomic E-state index is 0.201. The molecule has 0 radical (unpaired) electrons. The van der Waals surface area contributed by atoms with Crippen molar-refractivity contribution in [3.8, 4) is 5.75 Å². The van der Waals surface area contributed by atoms with Crippen LogP contribution in [-0.2, 0) is 6.42 Å². The average Bonchev–Trinajstić information content (AvgIpc) is 2.45. The Hall–Kier alpha value is -0.540. The van der Waals surface area contributed by atoms with Gasteiger partial charge in [0.25, 0.3) is 0 Å². The number of hydrogen-bond donors (Lipinski definition) is 1. The Bertz CT molecular complexity index is 463. The van der Waals surface area contributed by atoms with E-state index in [0.29, 0.717) is 6.10 Å². The van der Waals surface area contributed by atoms with Crippen molar-refractivity contribution in [2.75, 3.05) is 0 Å². The quantitative estimate of drug-likeness (QED) is 0.813. The second kappa shape index (κ2) is 7.64. The lowest BCUT2D eigenvalue weighted by Gasteiger charge is -2.32. The molecule has 2 N–H and O–H groups in total. The summed E-state index contributed by atoms with van der Waals surface area (Å²) in [6.07, 6.45) is 5.83. The SMILES string of the molecule is CCC(N)Cc1cc(Br)ccc1OC1CCC(C)C(C)C1. The van der Waals surface area contributed by atoms with E-state index >= 15 is 0 Å². The van der Waals surface area contributed by atoms with Crippen molar-refractivity contribution in [3.05, 3.63) is 28.2 Å². The zero-order valence-corrected chi connectivity index (χ0v) is 15.0. The molecule has 0 saturated heterocycles.